The van der Waals surface area contributed by atoms with Crippen LogP contribution >= 0.6 is 7.82 Å². The van der Waals surface area contributed by atoms with Gasteiger partial charge in [-0.3, -0.25) is 42.3 Å². The Hall–Kier alpha value is -7.18. The second-order valence-electron chi connectivity index (χ2n) is 23.5. The molecular weight excluding hydrogens is 1120 g/mol. The highest BCUT2D eigenvalue weighted by Gasteiger charge is 2.44. The lowest BCUT2D eigenvalue weighted by Gasteiger charge is -2.39. The lowest BCUT2D eigenvalue weighted by Crippen LogP contribution is -2.52. The highest BCUT2D eigenvalue weighted by molar-refractivity contribution is 7.48. The highest BCUT2D eigenvalue weighted by Crippen LogP contribution is 2.52. The molecule has 1 fully saturated rings. The average Bonchev–Trinajstić information content (AvgIpc) is 1.74. The summed E-state index contributed by atoms with van der Waals surface area (Å²) in [5, 5.41) is 8.56. The minimum absolute atomic E-state index is 0.0144. The van der Waals surface area contributed by atoms with Crippen LogP contribution in [0.15, 0.2) is 159 Å². The molecule has 468 valence electrons. The number of rotatable bonds is 36. The zero-order chi connectivity index (χ0) is 63.2. The van der Waals surface area contributed by atoms with E-state index in [-0.39, 0.29) is 64.1 Å². The molecule has 1 aliphatic rings. The smallest absolute Gasteiger partial charge is 0.373 e. The van der Waals surface area contributed by atoms with E-state index in [1.54, 1.807) is 57.6 Å². The second-order valence-corrected chi connectivity index (χ2v) is 25.1. The van der Waals surface area contributed by atoms with Crippen LogP contribution in [0.2, 0.25) is 0 Å². The predicted molar refractivity (Wildman–Crippen MR) is 335 cm³/mol. The third-order valence-electron chi connectivity index (χ3n) is 15.3. The number of carbonyl (C=O) groups is 6. The maximum atomic E-state index is 15.7. The van der Waals surface area contributed by atoms with Crippen molar-refractivity contribution in [3.05, 3.63) is 187 Å². The van der Waals surface area contributed by atoms with Gasteiger partial charge in [-0.1, -0.05) is 147 Å². The van der Waals surface area contributed by atoms with Crippen LogP contribution in [0.25, 0.3) is 0 Å². The monoisotopic (exact) mass is 1210 g/mol. The molecule has 4 amide bonds. The zero-order valence-electron chi connectivity index (χ0n) is 51.8. The van der Waals surface area contributed by atoms with Crippen LogP contribution in [0, 0.1) is 17.8 Å². The molecule has 1 unspecified atom stereocenters. The molecule has 87 heavy (non-hydrogen) atoms. The Morgan fingerprint density at radius 2 is 1.34 bits per heavy atom. The van der Waals surface area contributed by atoms with Gasteiger partial charge in [0.1, 0.15) is 17.6 Å². The number of hydrogen-bond acceptors (Lipinski definition) is 13. The topological polar surface area (TPSA) is 223 Å². The van der Waals surface area contributed by atoms with Gasteiger partial charge in [0.05, 0.1) is 68.4 Å². The Morgan fingerprint density at radius 3 is 1.89 bits per heavy atom. The summed E-state index contributed by atoms with van der Waals surface area (Å²) in [6.45, 7) is 19.5. The predicted octanol–water partition coefficient (Wildman–Crippen LogP) is 10.3. The Kier molecular flexibility index (Phi) is 26.3. The van der Waals surface area contributed by atoms with Crippen LogP contribution in [0.1, 0.15) is 121 Å². The normalized spacial score (nSPS) is 16.8. The van der Waals surface area contributed by atoms with Crippen LogP contribution in [0.4, 0.5) is 0 Å². The van der Waals surface area contributed by atoms with Crippen molar-refractivity contribution in [3.63, 3.8) is 0 Å². The van der Waals surface area contributed by atoms with Gasteiger partial charge in [0.15, 0.2) is 11.6 Å². The minimum atomic E-state index is -4.40. The summed E-state index contributed by atoms with van der Waals surface area (Å²) >= 11 is 0. The molecule has 1 saturated heterocycles. The standard InChI is InChI=1S/C68H89N6O12P/c1-11-13-14-27-37-84-87(81,85-45-51-28-19-15-20-29-51)86-49(5)58(65(79)69-10)42-63(77)60(46-83-67(7,8)9)72-64(78)52(40-62(76)59(38-48(3)4)71-66(80)61-41-57(82-36-12-2)44-73(61)50(6)75)39-56-43-70-47-74(56)68(53-30-21-16-22-31-53,54-32-23-17-24-33-54)55-34-25-18-26-35-55/h11-12,15-26,28-35,43,47-49,52,57-61H,1-2,13-14,27,36-42,44-46H2,3-10H3,(H,69,79)(H,71,80)(H,72,78)/t49-,52-,57-,58+,59+,60+,61+,87?/m1/s1. The van der Waals surface area contributed by atoms with Crippen LogP contribution < -0.4 is 16.0 Å². The molecule has 2 heterocycles. The van der Waals surface area contributed by atoms with Crippen molar-refractivity contribution in [3.8, 4) is 0 Å². The van der Waals surface area contributed by atoms with Crippen molar-refractivity contribution in [1.82, 2.24) is 30.4 Å². The number of ether oxygens (including phenoxy) is 2. The second kappa shape index (κ2) is 33.2. The number of carbonyl (C=O) groups excluding carboxylic acids is 6. The van der Waals surface area contributed by atoms with Gasteiger partial charge in [-0.2, -0.15) is 0 Å². The van der Waals surface area contributed by atoms with Crippen molar-refractivity contribution in [2.75, 3.05) is 33.4 Å². The first kappa shape index (κ1) is 68.9. The number of phosphoric ester groups is 1. The number of imidazole rings is 1. The third kappa shape index (κ3) is 19.7. The number of amides is 4. The Bertz CT molecular complexity index is 2980. The fourth-order valence-electron chi connectivity index (χ4n) is 10.9. The Morgan fingerprint density at radius 1 is 0.759 bits per heavy atom. The maximum absolute atomic E-state index is 15.7. The van der Waals surface area contributed by atoms with Crippen LogP contribution in [0.3, 0.4) is 0 Å². The van der Waals surface area contributed by atoms with Crippen LogP contribution in [-0.2, 0) is 74.9 Å². The van der Waals surface area contributed by atoms with E-state index in [2.05, 4.69) is 29.1 Å². The van der Waals surface area contributed by atoms with Gasteiger partial charge in [0, 0.05) is 58.1 Å². The van der Waals surface area contributed by atoms with E-state index < -0.39 is 103 Å². The van der Waals surface area contributed by atoms with E-state index >= 15 is 14.4 Å². The van der Waals surface area contributed by atoms with Gasteiger partial charge < -0.3 is 34.9 Å². The summed E-state index contributed by atoms with van der Waals surface area (Å²) < 4.78 is 46.5. The highest BCUT2D eigenvalue weighted by atomic mass is 31.2. The SMILES string of the molecule is C=CCCCCOP(=O)(OCc1ccccc1)O[C@H](C)[C@H](CC(=O)[C@H](COC(C)(C)C)NC(=O)[C@@H](CC(=O)[C@H](CC(C)C)NC(=O)[C@@H]1C[C@@H](OCC=C)CN1C(C)=O)Cc1cncn1C(c1ccccc1)(c1ccccc1)c1ccccc1)C(=O)NC. The molecule has 0 spiro atoms. The largest absolute Gasteiger partial charge is 0.475 e. The summed E-state index contributed by atoms with van der Waals surface area (Å²) in [4.78, 5) is 93.5. The lowest BCUT2D eigenvalue weighted by atomic mass is 9.76. The van der Waals surface area contributed by atoms with E-state index in [1.807, 2.05) is 128 Å². The number of likely N-dealkylation sites (tertiary alicyclic amines) is 1. The molecule has 4 aromatic carbocycles. The number of benzene rings is 4. The van der Waals surface area contributed by atoms with E-state index in [0.717, 1.165) is 16.7 Å². The fraction of sp³-hybridized carbons (Fsp3) is 0.456. The number of Topliss-reactive ketones (excluding diaryl/α,β-unsaturated/α-hetero) is 2. The number of nitrogens with one attached hydrogen (secondary N) is 3. The molecule has 0 bridgehead atoms. The summed E-state index contributed by atoms with van der Waals surface area (Å²) in [5.41, 5.74) is 1.99. The summed E-state index contributed by atoms with van der Waals surface area (Å²) in [6, 6.07) is 35.3. The third-order valence-corrected chi connectivity index (χ3v) is 16.8. The molecular formula is C68H89N6O12P. The molecule has 5 aromatic rings. The molecule has 0 aliphatic carbocycles. The van der Waals surface area contributed by atoms with Crippen molar-refractivity contribution in [2.24, 2.45) is 17.8 Å². The maximum Gasteiger partial charge on any atom is 0.475 e. The van der Waals surface area contributed by atoms with Crippen molar-refractivity contribution in [2.45, 2.75) is 148 Å². The van der Waals surface area contributed by atoms with E-state index in [9.17, 15) is 18.9 Å². The Labute approximate surface area is 513 Å². The number of unbranched alkanes of at least 4 members (excludes halogenated alkanes) is 2. The molecule has 18 nitrogen and oxygen atoms in total. The molecule has 6 rings (SSSR count). The van der Waals surface area contributed by atoms with Gasteiger partial charge in [-0.15, -0.1) is 13.2 Å². The van der Waals surface area contributed by atoms with Crippen molar-refractivity contribution >= 4 is 43.0 Å². The summed E-state index contributed by atoms with van der Waals surface area (Å²) in [7, 11) is -2.99. The van der Waals surface area contributed by atoms with E-state index in [4.69, 9.17) is 28.0 Å². The summed E-state index contributed by atoms with van der Waals surface area (Å²) in [6.07, 6.45) is 6.34. The first-order valence-corrected chi connectivity index (χ1v) is 31.5. The molecule has 1 aliphatic heterocycles. The number of aromatic nitrogens is 2. The average molecular weight is 1210 g/mol. The summed E-state index contributed by atoms with van der Waals surface area (Å²) in [5.74, 6) is -5.88. The van der Waals surface area contributed by atoms with Gasteiger partial charge in [-0.05, 0) is 81.5 Å². The molecule has 19 heteroatoms. The number of ketones is 2. The van der Waals surface area contributed by atoms with E-state index in [1.165, 1.54) is 25.8 Å². The number of allylic oxidation sites excluding steroid dienone is 1. The number of phosphoric acid groups is 1. The first-order valence-electron chi connectivity index (χ1n) is 30.0. The zero-order valence-corrected chi connectivity index (χ0v) is 52.7. The Balaban J connectivity index is 1.40. The number of hydrogen-bond donors (Lipinski definition) is 3. The van der Waals surface area contributed by atoms with Gasteiger partial charge in [0.2, 0.25) is 23.6 Å². The van der Waals surface area contributed by atoms with Gasteiger partial charge in [-0.25, -0.2) is 9.55 Å². The van der Waals surface area contributed by atoms with E-state index in [0.29, 0.717) is 30.5 Å². The molecule has 0 radical (unpaired) electrons. The van der Waals surface area contributed by atoms with Crippen LogP contribution in [-0.4, -0.2) is 119 Å². The fourth-order valence-corrected chi connectivity index (χ4v) is 12.3. The quantitative estimate of drug-likeness (QED) is 0.0147. The molecule has 8 atom stereocenters. The minimum Gasteiger partial charge on any atom is -0.373 e. The molecule has 1 aromatic heterocycles. The van der Waals surface area contributed by atoms with Crippen molar-refractivity contribution in [1.29, 1.82) is 0 Å². The first-order chi connectivity index (χ1) is 41.6. The molecule has 0 saturated carbocycles. The number of nitrogens with zero attached hydrogens (tertiary/aromatic N) is 3. The lowest BCUT2D eigenvalue weighted by molar-refractivity contribution is -0.139. The molecule has 3 N–H and O–H groups in total. The van der Waals surface area contributed by atoms with Gasteiger partial charge in [0.25, 0.3) is 0 Å². The van der Waals surface area contributed by atoms with Crippen molar-refractivity contribution < 1.29 is 56.4 Å². The van der Waals surface area contributed by atoms with Gasteiger partial charge >= 0.3 is 7.82 Å². The van der Waals surface area contributed by atoms with Crippen LogP contribution in [0.5, 0.6) is 0 Å².